The Kier molecular flexibility index (Phi) is 4.15. The van der Waals surface area contributed by atoms with Gasteiger partial charge < -0.3 is 9.30 Å². The van der Waals surface area contributed by atoms with Crippen LogP contribution in [0.25, 0.3) is 10.9 Å². The molecular weight excluding hydrogens is 304 g/mol. The standard InChI is InChI=1S/C19H20N2O3/c1-21-15-9-4-3-7-13(15)14-8-5-10-19(11-6-12-20,18(23)24-2)17(22)16(14)21/h3-4,7,9H,5-6,8,10-11H2,1-2H3. The minimum absolute atomic E-state index is 0.153. The number of ketones is 1. The predicted molar refractivity (Wildman–Crippen MR) is 89.5 cm³/mol. The maximum absolute atomic E-state index is 13.4. The number of carbonyl (C=O) groups excluding carboxylic acids is 2. The Hall–Kier alpha value is -2.61. The number of aromatic nitrogens is 1. The van der Waals surface area contributed by atoms with Gasteiger partial charge in [-0.2, -0.15) is 5.26 Å². The van der Waals surface area contributed by atoms with E-state index in [0.29, 0.717) is 18.5 Å². The van der Waals surface area contributed by atoms with Crippen LogP contribution in [0.4, 0.5) is 0 Å². The van der Waals surface area contributed by atoms with Gasteiger partial charge in [0, 0.05) is 24.4 Å². The van der Waals surface area contributed by atoms with Crippen LogP contribution in [0.1, 0.15) is 41.7 Å². The molecule has 1 aromatic heterocycles. The van der Waals surface area contributed by atoms with Crippen molar-refractivity contribution in [1.29, 1.82) is 5.26 Å². The number of nitriles is 1. The minimum Gasteiger partial charge on any atom is -0.468 e. The molecule has 0 saturated carbocycles. The van der Waals surface area contributed by atoms with E-state index >= 15 is 0 Å². The van der Waals surface area contributed by atoms with Crippen molar-refractivity contribution < 1.29 is 14.3 Å². The Bertz CT molecular complexity index is 859. The van der Waals surface area contributed by atoms with E-state index in [0.717, 1.165) is 22.9 Å². The van der Waals surface area contributed by atoms with Gasteiger partial charge in [-0.05, 0) is 37.3 Å². The van der Waals surface area contributed by atoms with Crippen molar-refractivity contribution in [2.45, 2.75) is 32.1 Å². The fraction of sp³-hybridized carbons (Fsp3) is 0.421. The number of nitrogens with zero attached hydrogens (tertiary/aromatic N) is 2. The van der Waals surface area contributed by atoms with Gasteiger partial charge in [-0.15, -0.1) is 0 Å². The molecule has 0 saturated heterocycles. The summed E-state index contributed by atoms with van der Waals surface area (Å²) in [5, 5.41) is 10.0. The average Bonchev–Trinajstić information content (AvgIpc) is 2.79. The summed E-state index contributed by atoms with van der Waals surface area (Å²) in [4.78, 5) is 26.0. The number of methoxy groups -OCH3 is 1. The number of Topliss-reactive ketones (excluding diaryl/α,β-unsaturated/α-hetero) is 1. The molecule has 1 atom stereocenters. The lowest BCUT2D eigenvalue weighted by Gasteiger charge is -2.27. The summed E-state index contributed by atoms with van der Waals surface area (Å²) in [5.74, 6) is -0.739. The van der Waals surface area contributed by atoms with E-state index in [9.17, 15) is 9.59 Å². The first-order valence-corrected chi connectivity index (χ1v) is 8.13. The Labute approximate surface area is 140 Å². The molecule has 1 aliphatic rings. The molecule has 2 aromatic rings. The third-order valence-electron chi connectivity index (χ3n) is 5.13. The summed E-state index contributed by atoms with van der Waals surface area (Å²) in [7, 11) is 3.16. The zero-order valence-corrected chi connectivity index (χ0v) is 14.0. The van der Waals surface area contributed by atoms with Crippen molar-refractivity contribution in [1.82, 2.24) is 4.57 Å². The monoisotopic (exact) mass is 324 g/mol. The van der Waals surface area contributed by atoms with Crippen molar-refractivity contribution >= 4 is 22.7 Å². The van der Waals surface area contributed by atoms with Crippen LogP contribution < -0.4 is 0 Å². The molecule has 1 unspecified atom stereocenters. The first-order valence-electron chi connectivity index (χ1n) is 8.13. The van der Waals surface area contributed by atoms with Crippen LogP contribution in [0.5, 0.6) is 0 Å². The fourth-order valence-corrected chi connectivity index (χ4v) is 3.92. The van der Waals surface area contributed by atoms with Gasteiger partial charge in [0.15, 0.2) is 5.78 Å². The molecule has 0 fully saturated rings. The highest BCUT2D eigenvalue weighted by atomic mass is 16.5. The first kappa shape index (κ1) is 16.3. The second-order valence-corrected chi connectivity index (χ2v) is 6.32. The highest BCUT2D eigenvalue weighted by Gasteiger charge is 2.49. The second-order valence-electron chi connectivity index (χ2n) is 6.32. The molecule has 0 aliphatic heterocycles. The van der Waals surface area contributed by atoms with Gasteiger partial charge in [-0.3, -0.25) is 9.59 Å². The predicted octanol–water partition coefficient (Wildman–Crippen LogP) is 3.16. The highest BCUT2D eigenvalue weighted by Crippen LogP contribution is 2.42. The largest absolute Gasteiger partial charge is 0.468 e. The molecule has 124 valence electrons. The summed E-state index contributed by atoms with van der Waals surface area (Å²) in [6.45, 7) is 0. The zero-order chi connectivity index (χ0) is 17.3. The van der Waals surface area contributed by atoms with Crippen LogP contribution in [0.3, 0.4) is 0 Å². The topological polar surface area (TPSA) is 72.1 Å². The number of hydrogen-bond donors (Lipinski definition) is 0. The Morgan fingerprint density at radius 1 is 1.42 bits per heavy atom. The van der Waals surface area contributed by atoms with E-state index in [2.05, 4.69) is 6.07 Å². The summed E-state index contributed by atoms with van der Waals surface area (Å²) < 4.78 is 6.84. The number of esters is 1. The highest BCUT2D eigenvalue weighted by molar-refractivity contribution is 6.15. The van der Waals surface area contributed by atoms with Crippen LogP contribution >= 0.6 is 0 Å². The number of fused-ring (bicyclic) bond motifs is 3. The fourth-order valence-electron chi connectivity index (χ4n) is 3.92. The maximum Gasteiger partial charge on any atom is 0.319 e. The number of benzene rings is 1. The molecule has 24 heavy (non-hydrogen) atoms. The van der Waals surface area contributed by atoms with E-state index in [1.54, 1.807) is 0 Å². The molecule has 0 radical (unpaired) electrons. The van der Waals surface area contributed by atoms with Gasteiger partial charge in [0.2, 0.25) is 0 Å². The second kappa shape index (κ2) is 6.12. The molecule has 1 heterocycles. The lowest BCUT2D eigenvalue weighted by molar-refractivity contribution is -0.150. The number of aryl methyl sites for hydroxylation is 2. The van der Waals surface area contributed by atoms with Crippen molar-refractivity contribution in [2.75, 3.05) is 7.11 Å². The van der Waals surface area contributed by atoms with Crippen molar-refractivity contribution in [3.8, 4) is 6.07 Å². The van der Waals surface area contributed by atoms with E-state index in [-0.39, 0.29) is 18.6 Å². The van der Waals surface area contributed by atoms with E-state index in [1.165, 1.54) is 7.11 Å². The molecule has 5 nitrogen and oxygen atoms in total. The van der Waals surface area contributed by atoms with Gasteiger partial charge in [-0.1, -0.05) is 18.2 Å². The molecule has 0 spiro atoms. The Morgan fingerprint density at radius 2 is 2.17 bits per heavy atom. The summed E-state index contributed by atoms with van der Waals surface area (Å²) in [5.41, 5.74) is 1.31. The zero-order valence-electron chi connectivity index (χ0n) is 14.0. The number of ether oxygens (including phenoxy) is 1. The lowest BCUT2D eigenvalue weighted by Crippen LogP contribution is -2.40. The van der Waals surface area contributed by atoms with Crippen LogP contribution in [-0.2, 0) is 23.0 Å². The molecule has 3 rings (SSSR count). The third kappa shape index (κ3) is 2.22. The van der Waals surface area contributed by atoms with Gasteiger partial charge in [0.05, 0.1) is 18.9 Å². The number of rotatable bonds is 3. The first-order chi connectivity index (χ1) is 11.6. The lowest BCUT2D eigenvalue weighted by atomic mass is 9.75. The van der Waals surface area contributed by atoms with E-state index in [4.69, 9.17) is 10.00 Å². The molecule has 0 N–H and O–H groups in total. The number of carbonyl (C=O) groups is 2. The number of para-hydroxylation sites is 1. The van der Waals surface area contributed by atoms with Crippen LogP contribution in [0.2, 0.25) is 0 Å². The number of hydrogen-bond acceptors (Lipinski definition) is 4. The molecule has 5 heteroatoms. The van der Waals surface area contributed by atoms with Crippen molar-refractivity contribution in [3.63, 3.8) is 0 Å². The third-order valence-corrected chi connectivity index (χ3v) is 5.13. The van der Waals surface area contributed by atoms with Crippen molar-refractivity contribution in [3.05, 3.63) is 35.5 Å². The SMILES string of the molecule is COC(=O)C1(CCC#N)CCCc2c(n(C)c3ccccc23)C1=O. The van der Waals surface area contributed by atoms with Crippen LogP contribution in [-0.4, -0.2) is 23.4 Å². The smallest absolute Gasteiger partial charge is 0.319 e. The molecule has 1 aromatic carbocycles. The average molecular weight is 324 g/mol. The van der Waals surface area contributed by atoms with Crippen LogP contribution in [0.15, 0.2) is 24.3 Å². The summed E-state index contributed by atoms with van der Waals surface area (Å²) in [6.07, 6.45) is 2.24. The minimum atomic E-state index is -1.25. The Balaban J connectivity index is 2.23. The summed E-state index contributed by atoms with van der Waals surface area (Å²) in [6, 6.07) is 9.95. The molecule has 0 amide bonds. The van der Waals surface area contributed by atoms with Gasteiger partial charge >= 0.3 is 5.97 Å². The van der Waals surface area contributed by atoms with E-state index in [1.807, 2.05) is 35.9 Å². The van der Waals surface area contributed by atoms with Gasteiger partial charge in [0.25, 0.3) is 0 Å². The van der Waals surface area contributed by atoms with Crippen molar-refractivity contribution in [2.24, 2.45) is 12.5 Å². The normalized spacial score (nSPS) is 20.3. The van der Waals surface area contributed by atoms with E-state index < -0.39 is 11.4 Å². The quantitative estimate of drug-likeness (QED) is 0.494. The van der Waals surface area contributed by atoms with Gasteiger partial charge in [0.1, 0.15) is 5.41 Å². The molecule has 0 bridgehead atoms. The molecule has 1 aliphatic carbocycles. The molecular formula is C19H20N2O3. The Morgan fingerprint density at radius 3 is 2.88 bits per heavy atom. The van der Waals surface area contributed by atoms with Gasteiger partial charge in [-0.25, -0.2) is 0 Å². The summed E-state index contributed by atoms with van der Waals surface area (Å²) >= 11 is 0. The maximum atomic E-state index is 13.4. The van der Waals surface area contributed by atoms with Crippen LogP contribution in [0, 0.1) is 16.7 Å².